The van der Waals surface area contributed by atoms with Gasteiger partial charge < -0.3 is 15.0 Å². The van der Waals surface area contributed by atoms with Crippen molar-refractivity contribution in [3.8, 4) is 11.3 Å². The third-order valence-corrected chi connectivity index (χ3v) is 5.60. The standard InChI is InChI=1S/C22H22F2N6O/c1-11-10-30(7-8-31-11)17-9-14-19(12(2)25-17)26-22(18-15(23)5-4-6-16(18)24)27-20-13(3)28-29-21(14)20/h4-6,9,11H,7-8,10H2,1-3H3,(H,26,27)(H,28,29)/t11-/m0/s1. The van der Waals surface area contributed by atoms with Crippen molar-refractivity contribution in [1.82, 2.24) is 15.2 Å². The maximum absolute atomic E-state index is 14.6. The molecule has 2 aliphatic heterocycles. The van der Waals surface area contributed by atoms with Gasteiger partial charge >= 0.3 is 0 Å². The molecule has 9 heteroatoms. The number of aryl methyl sites for hydroxylation is 2. The van der Waals surface area contributed by atoms with E-state index in [4.69, 9.17) is 9.72 Å². The molecule has 160 valence electrons. The van der Waals surface area contributed by atoms with Crippen LogP contribution >= 0.6 is 0 Å². The number of nitrogens with zero attached hydrogens (tertiary/aromatic N) is 4. The third-order valence-electron chi connectivity index (χ3n) is 5.60. The molecule has 1 saturated heterocycles. The number of rotatable bonds is 2. The number of fused-ring (bicyclic) bond motifs is 3. The Kier molecular flexibility index (Phi) is 4.70. The predicted molar refractivity (Wildman–Crippen MR) is 115 cm³/mol. The number of hydrogen-bond donors (Lipinski definition) is 2. The second-order valence-corrected chi connectivity index (χ2v) is 7.83. The highest BCUT2D eigenvalue weighted by Crippen LogP contribution is 2.41. The minimum Gasteiger partial charge on any atom is -0.375 e. The van der Waals surface area contributed by atoms with Crippen LogP contribution in [-0.2, 0) is 4.74 Å². The lowest BCUT2D eigenvalue weighted by Crippen LogP contribution is -2.41. The van der Waals surface area contributed by atoms with Gasteiger partial charge in [0.25, 0.3) is 0 Å². The quantitative estimate of drug-likeness (QED) is 0.648. The summed E-state index contributed by atoms with van der Waals surface area (Å²) in [5.41, 5.74) is 3.76. The molecule has 31 heavy (non-hydrogen) atoms. The first-order valence-electron chi connectivity index (χ1n) is 10.2. The van der Waals surface area contributed by atoms with Gasteiger partial charge in [-0.2, -0.15) is 5.10 Å². The average Bonchev–Trinajstić information content (AvgIpc) is 3.00. The third kappa shape index (κ3) is 3.34. The Labute approximate surface area is 178 Å². The summed E-state index contributed by atoms with van der Waals surface area (Å²) in [4.78, 5) is 11.5. The van der Waals surface area contributed by atoms with Crippen LogP contribution in [0.4, 0.5) is 26.0 Å². The molecule has 0 radical (unpaired) electrons. The number of benzene rings is 1. The topological polar surface area (TPSA) is 78.4 Å². The van der Waals surface area contributed by atoms with Gasteiger partial charge in [-0.25, -0.2) is 18.8 Å². The number of amidine groups is 1. The second-order valence-electron chi connectivity index (χ2n) is 7.83. The van der Waals surface area contributed by atoms with E-state index < -0.39 is 11.6 Å². The van der Waals surface area contributed by atoms with Gasteiger partial charge in [0, 0.05) is 18.7 Å². The van der Waals surface area contributed by atoms with Gasteiger partial charge in [0.15, 0.2) is 0 Å². The van der Waals surface area contributed by atoms with Gasteiger partial charge in [-0.1, -0.05) is 6.07 Å². The maximum atomic E-state index is 14.6. The number of H-pyrrole nitrogens is 1. The largest absolute Gasteiger partial charge is 0.375 e. The van der Waals surface area contributed by atoms with Crippen LogP contribution in [-0.4, -0.2) is 46.8 Å². The zero-order valence-corrected chi connectivity index (χ0v) is 17.5. The fourth-order valence-corrected chi connectivity index (χ4v) is 4.05. The molecule has 0 unspecified atom stereocenters. The molecule has 5 rings (SSSR count). The van der Waals surface area contributed by atoms with Crippen LogP contribution in [0.1, 0.15) is 23.9 Å². The summed E-state index contributed by atoms with van der Waals surface area (Å²) in [5, 5.41) is 10.5. The summed E-state index contributed by atoms with van der Waals surface area (Å²) in [7, 11) is 0. The van der Waals surface area contributed by atoms with Crippen molar-refractivity contribution < 1.29 is 13.5 Å². The van der Waals surface area contributed by atoms with E-state index in [1.54, 1.807) is 6.92 Å². The Morgan fingerprint density at radius 2 is 1.94 bits per heavy atom. The molecule has 0 saturated carbocycles. The van der Waals surface area contributed by atoms with Gasteiger partial charge in [-0.3, -0.25) is 5.10 Å². The van der Waals surface area contributed by atoms with Crippen LogP contribution in [0.15, 0.2) is 29.3 Å². The van der Waals surface area contributed by atoms with Gasteiger partial charge in [0.05, 0.1) is 41.0 Å². The lowest BCUT2D eigenvalue weighted by molar-refractivity contribution is 0.0529. The van der Waals surface area contributed by atoms with Crippen molar-refractivity contribution in [3.05, 3.63) is 52.9 Å². The predicted octanol–water partition coefficient (Wildman–Crippen LogP) is 4.10. The Bertz CT molecular complexity index is 1180. The molecule has 0 aliphatic carbocycles. The maximum Gasteiger partial charge on any atom is 0.144 e. The summed E-state index contributed by atoms with van der Waals surface area (Å²) < 4.78 is 34.8. The first kappa shape index (κ1) is 19.6. The summed E-state index contributed by atoms with van der Waals surface area (Å²) in [6, 6.07) is 5.72. The molecule has 3 aromatic rings. The molecular formula is C22H22F2N6O. The summed E-state index contributed by atoms with van der Waals surface area (Å²) in [6.07, 6.45) is 0.108. The normalized spacial score (nSPS) is 18.0. The van der Waals surface area contributed by atoms with E-state index in [9.17, 15) is 8.78 Å². The molecule has 2 aromatic heterocycles. The SMILES string of the molecule is Cc1n[nH]c2c1N=C(c1c(F)cccc1F)Nc1c-2cc(N2CCO[C@@H](C)C2)nc1C. The summed E-state index contributed by atoms with van der Waals surface area (Å²) >= 11 is 0. The van der Waals surface area contributed by atoms with Crippen LogP contribution in [0, 0.1) is 25.5 Å². The van der Waals surface area contributed by atoms with Crippen molar-refractivity contribution in [2.75, 3.05) is 29.9 Å². The molecular weight excluding hydrogens is 402 g/mol. The van der Waals surface area contributed by atoms with Crippen molar-refractivity contribution in [2.24, 2.45) is 4.99 Å². The van der Waals surface area contributed by atoms with Crippen molar-refractivity contribution in [3.63, 3.8) is 0 Å². The molecule has 1 fully saturated rings. The molecule has 0 spiro atoms. The highest BCUT2D eigenvalue weighted by atomic mass is 19.1. The summed E-state index contributed by atoms with van der Waals surface area (Å²) in [5.74, 6) is -0.492. The second kappa shape index (κ2) is 7.42. The lowest BCUT2D eigenvalue weighted by atomic mass is 10.1. The fraction of sp³-hybridized carbons (Fsp3) is 0.318. The monoisotopic (exact) mass is 424 g/mol. The first-order valence-corrected chi connectivity index (χ1v) is 10.2. The highest BCUT2D eigenvalue weighted by Gasteiger charge is 2.27. The van der Waals surface area contributed by atoms with Gasteiger partial charge in [0.1, 0.15) is 29.0 Å². The van der Waals surface area contributed by atoms with Crippen molar-refractivity contribution in [1.29, 1.82) is 0 Å². The molecule has 1 aromatic carbocycles. The Hall–Kier alpha value is -3.33. The molecule has 7 nitrogen and oxygen atoms in total. The molecule has 2 aliphatic rings. The van der Waals surface area contributed by atoms with E-state index in [1.165, 1.54) is 18.2 Å². The Morgan fingerprint density at radius 3 is 2.68 bits per heavy atom. The van der Waals surface area contributed by atoms with Crippen molar-refractivity contribution >= 4 is 23.0 Å². The van der Waals surface area contributed by atoms with E-state index in [0.29, 0.717) is 35.1 Å². The minimum absolute atomic E-state index is 0.0812. The highest BCUT2D eigenvalue weighted by molar-refractivity contribution is 6.14. The molecule has 1 atom stereocenters. The zero-order valence-electron chi connectivity index (χ0n) is 17.5. The van der Waals surface area contributed by atoms with E-state index in [2.05, 4.69) is 25.4 Å². The van der Waals surface area contributed by atoms with Crippen LogP contribution in [0.5, 0.6) is 0 Å². The van der Waals surface area contributed by atoms with Gasteiger partial charge in [-0.05, 0) is 39.0 Å². The van der Waals surface area contributed by atoms with E-state index >= 15 is 0 Å². The summed E-state index contributed by atoms with van der Waals surface area (Å²) in [6.45, 7) is 7.80. The molecule has 4 heterocycles. The van der Waals surface area contributed by atoms with Crippen LogP contribution in [0.2, 0.25) is 0 Å². The number of hydrogen-bond acceptors (Lipinski definition) is 6. The molecule has 0 bridgehead atoms. The number of aromatic nitrogens is 3. The Balaban J connectivity index is 1.68. The fourth-order valence-electron chi connectivity index (χ4n) is 4.05. The van der Waals surface area contributed by atoms with Crippen LogP contribution in [0.25, 0.3) is 11.3 Å². The van der Waals surface area contributed by atoms with Gasteiger partial charge in [-0.15, -0.1) is 0 Å². The number of halogens is 2. The number of ether oxygens (including phenoxy) is 1. The van der Waals surface area contributed by atoms with E-state index in [1.807, 2.05) is 19.9 Å². The molecule has 0 amide bonds. The smallest absolute Gasteiger partial charge is 0.144 e. The zero-order chi connectivity index (χ0) is 21.7. The van der Waals surface area contributed by atoms with Crippen molar-refractivity contribution in [2.45, 2.75) is 26.9 Å². The number of aromatic amines is 1. The number of aliphatic imine (C=N–C) groups is 1. The number of pyridine rings is 1. The number of anilines is 2. The number of morpholine rings is 1. The van der Waals surface area contributed by atoms with E-state index in [0.717, 1.165) is 24.5 Å². The minimum atomic E-state index is -0.693. The molecule has 2 N–H and O–H groups in total. The van der Waals surface area contributed by atoms with Crippen LogP contribution in [0.3, 0.4) is 0 Å². The Morgan fingerprint density at radius 1 is 1.16 bits per heavy atom. The average molecular weight is 424 g/mol. The first-order chi connectivity index (χ1) is 14.9. The van der Waals surface area contributed by atoms with Gasteiger partial charge in [0.2, 0.25) is 0 Å². The van der Waals surface area contributed by atoms with Crippen LogP contribution < -0.4 is 10.2 Å². The lowest BCUT2D eigenvalue weighted by Gasteiger charge is -2.32. The van der Waals surface area contributed by atoms with E-state index in [-0.39, 0.29) is 17.5 Å². The number of nitrogens with one attached hydrogen (secondary N) is 2.